The van der Waals surface area contributed by atoms with Gasteiger partial charge in [0.15, 0.2) is 0 Å². The minimum atomic E-state index is 0.320. The van der Waals surface area contributed by atoms with Crippen LogP contribution in [0.15, 0.2) is 24.5 Å². The van der Waals surface area contributed by atoms with Gasteiger partial charge in [-0.3, -0.25) is 0 Å². The normalized spacial score (nSPS) is 13.6. The Labute approximate surface area is 85.8 Å². The highest BCUT2D eigenvalue weighted by Crippen LogP contribution is 2.07. The number of hydrogen-bond donors (Lipinski definition) is 1. The molecular weight excluding hydrogens is 174 g/mol. The lowest BCUT2D eigenvalue weighted by Gasteiger charge is -2.12. The van der Waals surface area contributed by atoms with E-state index in [2.05, 4.69) is 29.4 Å². The molecule has 0 radical (unpaired) electrons. The summed E-state index contributed by atoms with van der Waals surface area (Å²) in [7, 11) is 2.02. The van der Waals surface area contributed by atoms with E-state index in [-0.39, 0.29) is 0 Å². The fraction of sp³-hybridized carbons (Fsp3) is 0.545. The predicted octanol–water partition coefficient (Wildman–Crippen LogP) is 2.04. The van der Waals surface area contributed by atoms with Crippen molar-refractivity contribution in [3.8, 4) is 0 Å². The van der Waals surface area contributed by atoms with Crippen LogP contribution in [0.2, 0.25) is 0 Å². The van der Waals surface area contributed by atoms with E-state index in [0.717, 1.165) is 18.8 Å². The standard InChI is InChI=1S/C11H19N3/c1-4-5-6-7-12-10(2)11-13-8-9-14(11)3/h4-5,8-10,12H,6-7H2,1-3H3/b5-4+. The summed E-state index contributed by atoms with van der Waals surface area (Å²) in [5, 5.41) is 3.43. The number of rotatable bonds is 5. The first-order valence-electron chi connectivity index (χ1n) is 5.07. The van der Waals surface area contributed by atoms with E-state index in [9.17, 15) is 0 Å². The zero-order chi connectivity index (χ0) is 10.4. The van der Waals surface area contributed by atoms with Gasteiger partial charge in [0.05, 0.1) is 6.04 Å². The average Bonchev–Trinajstić information content (AvgIpc) is 2.59. The van der Waals surface area contributed by atoms with Crippen molar-refractivity contribution in [3.63, 3.8) is 0 Å². The van der Waals surface area contributed by atoms with Gasteiger partial charge in [0.1, 0.15) is 5.82 Å². The summed E-state index contributed by atoms with van der Waals surface area (Å²) in [6.07, 6.45) is 9.12. The molecule has 0 aliphatic carbocycles. The van der Waals surface area contributed by atoms with Crippen molar-refractivity contribution < 1.29 is 0 Å². The number of aromatic nitrogens is 2. The summed E-state index contributed by atoms with van der Waals surface area (Å²) in [4.78, 5) is 4.30. The second-order valence-electron chi connectivity index (χ2n) is 3.43. The van der Waals surface area contributed by atoms with E-state index >= 15 is 0 Å². The number of nitrogens with one attached hydrogen (secondary N) is 1. The predicted molar refractivity (Wildman–Crippen MR) is 59.1 cm³/mol. The maximum absolute atomic E-state index is 4.30. The number of nitrogens with zero attached hydrogens (tertiary/aromatic N) is 2. The number of hydrogen-bond acceptors (Lipinski definition) is 2. The number of aryl methyl sites for hydroxylation is 1. The quantitative estimate of drug-likeness (QED) is 0.573. The highest BCUT2D eigenvalue weighted by molar-refractivity contribution is 4.97. The molecule has 1 unspecified atom stereocenters. The molecule has 1 aromatic rings. The molecule has 0 spiro atoms. The first-order chi connectivity index (χ1) is 6.75. The summed E-state index contributed by atoms with van der Waals surface area (Å²) in [6, 6.07) is 0.320. The SMILES string of the molecule is C/C=C/CCNC(C)c1nccn1C. The molecule has 0 aliphatic rings. The zero-order valence-electron chi connectivity index (χ0n) is 9.20. The van der Waals surface area contributed by atoms with Gasteiger partial charge in [-0.1, -0.05) is 12.2 Å². The van der Waals surface area contributed by atoms with Crippen molar-refractivity contribution in [2.24, 2.45) is 7.05 Å². The van der Waals surface area contributed by atoms with E-state index in [1.54, 1.807) is 0 Å². The van der Waals surface area contributed by atoms with E-state index in [0.29, 0.717) is 6.04 Å². The van der Waals surface area contributed by atoms with Gasteiger partial charge in [-0.05, 0) is 26.8 Å². The molecule has 3 nitrogen and oxygen atoms in total. The van der Waals surface area contributed by atoms with Crippen LogP contribution in [0, 0.1) is 0 Å². The summed E-state index contributed by atoms with van der Waals surface area (Å²) < 4.78 is 2.05. The Morgan fingerprint density at radius 3 is 3.00 bits per heavy atom. The van der Waals surface area contributed by atoms with Gasteiger partial charge in [-0.15, -0.1) is 0 Å². The molecule has 0 saturated heterocycles. The van der Waals surface area contributed by atoms with Gasteiger partial charge in [-0.2, -0.15) is 0 Å². The lowest BCUT2D eigenvalue weighted by molar-refractivity contribution is 0.536. The van der Waals surface area contributed by atoms with Crippen molar-refractivity contribution in [2.75, 3.05) is 6.54 Å². The third-order valence-electron chi connectivity index (χ3n) is 2.24. The highest BCUT2D eigenvalue weighted by atomic mass is 15.1. The van der Waals surface area contributed by atoms with Crippen molar-refractivity contribution in [2.45, 2.75) is 26.3 Å². The molecule has 1 rings (SSSR count). The second-order valence-corrected chi connectivity index (χ2v) is 3.43. The van der Waals surface area contributed by atoms with Crippen molar-refractivity contribution in [1.29, 1.82) is 0 Å². The van der Waals surface area contributed by atoms with Crippen LogP contribution in [-0.2, 0) is 7.05 Å². The molecule has 1 atom stereocenters. The average molecular weight is 193 g/mol. The second kappa shape index (κ2) is 5.60. The molecule has 0 aliphatic heterocycles. The largest absolute Gasteiger partial charge is 0.337 e. The molecule has 0 aromatic carbocycles. The van der Waals surface area contributed by atoms with Gasteiger partial charge < -0.3 is 9.88 Å². The van der Waals surface area contributed by atoms with Gasteiger partial charge in [0.2, 0.25) is 0 Å². The van der Waals surface area contributed by atoms with Crippen LogP contribution in [0.5, 0.6) is 0 Å². The van der Waals surface area contributed by atoms with E-state index in [1.807, 2.05) is 30.9 Å². The number of imidazole rings is 1. The molecule has 1 heterocycles. The third kappa shape index (κ3) is 3.00. The monoisotopic (exact) mass is 193 g/mol. The Kier molecular flexibility index (Phi) is 4.40. The maximum Gasteiger partial charge on any atom is 0.125 e. The van der Waals surface area contributed by atoms with Gasteiger partial charge in [0.25, 0.3) is 0 Å². The summed E-state index contributed by atoms with van der Waals surface area (Å²) in [5.41, 5.74) is 0. The third-order valence-corrected chi connectivity index (χ3v) is 2.24. The van der Waals surface area contributed by atoms with Crippen molar-refractivity contribution >= 4 is 0 Å². The van der Waals surface area contributed by atoms with Crippen LogP contribution in [-0.4, -0.2) is 16.1 Å². The minimum Gasteiger partial charge on any atom is -0.337 e. The molecule has 0 bridgehead atoms. The first kappa shape index (κ1) is 11.0. The van der Waals surface area contributed by atoms with Crippen LogP contribution in [0.25, 0.3) is 0 Å². The maximum atomic E-state index is 4.30. The van der Waals surface area contributed by atoms with Crippen LogP contribution < -0.4 is 5.32 Å². The molecule has 0 amide bonds. The van der Waals surface area contributed by atoms with Crippen molar-refractivity contribution in [1.82, 2.24) is 14.9 Å². The first-order valence-corrected chi connectivity index (χ1v) is 5.07. The summed E-state index contributed by atoms with van der Waals surface area (Å²) in [5.74, 6) is 1.09. The highest BCUT2D eigenvalue weighted by Gasteiger charge is 2.07. The summed E-state index contributed by atoms with van der Waals surface area (Å²) in [6.45, 7) is 5.18. The van der Waals surface area contributed by atoms with Gasteiger partial charge in [0, 0.05) is 19.4 Å². The van der Waals surface area contributed by atoms with Crippen LogP contribution in [0.4, 0.5) is 0 Å². The molecule has 0 fully saturated rings. The molecule has 3 heteroatoms. The Balaban J connectivity index is 2.35. The van der Waals surface area contributed by atoms with Crippen LogP contribution >= 0.6 is 0 Å². The minimum absolute atomic E-state index is 0.320. The van der Waals surface area contributed by atoms with E-state index < -0.39 is 0 Å². The smallest absolute Gasteiger partial charge is 0.125 e. The molecule has 14 heavy (non-hydrogen) atoms. The fourth-order valence-electron chi connectivity index (χ4n) is 1.44. The zero-order valence-corrected chi connectivity index (χ0v) is 9.20. The van der Waals surface area contributed by atoms with E-state index in [4.69, 9.17) is 0 Å². The van der Waals surface area contributed by atoms with Crippen LogP contribution in [0.3, 0.4) is 0 Å². The van der Waals surface area contributed by atoms with Crippen LogP contribution in [0.1, 0.15) is 32.1 Å². The lowest BCUT2D eigenvalue weighted by Crippen LogP contribution is -2.22. The Hall–Kier alpha value is -1.09. The Morgan fingerprint density at radius 2 is 2.43 bits per heavy atom. The number of allylic oxidation sites excluding steroid dienone is 1. The Morgan fingerprint density at radius 1 is 1.64 bits per heavy atom. The molecular formula is C11H19N3. The van der Waals surface area contributed by atoms with Gasteiger partial charge in [-0.25, -0.2) is 4.98 Å². The summed E-state index contributed by atoms with van der Waals surface area (Å²) >= 11 is 0. The molecule has 0 saturated carbocycles. The molecule has 1 aromatic heterocycles. The molecule has 78 valence electrons. The fourth-order valence-corrected chi connectivity index (χ4v) is 1.44. The van der Waals surface area contributed by atoms with Crippen molar-refractivity contribution in [3.05, 3.63) is 30.4 Å². The van der Waals surface area contributed by atoms with Gasteiger partial charge >= 0.3 is 0 Å². The molecule has 1 N–H and O–H groups in total. The lowest BCUT2D eigenvalue weighted by atomic mass is 10.3. The topological polar surface area (TPSA) is 29.9 Å². The van der Waals surface area contributed by atoms with E-state index in [1.165, 1.54) is 0 Å². The Bertz CT molecular complexity index is 288.